The zero-order chi connectivity index (χ0) is 16.5. The summed E-state index contributed by atoms with van der Waals surface area (Å²) in [6.07, 6.45) is 0.342. The van der Waals surface area contributed by atoms with Crippen molar-refractivity contribution in [2.45, 2.75) is 25.0 Å². The van der Waals surface area contributed by atoms with E-state index in [9.17, 15) is 10.2 Å². The van der Waals surface area contributed by atoms with E-state index < -0.39 is 18.4 Å². The van der Waals surface area contributed by atoms with Gasteiger partial charge in [-0.1, -0.05) is 30.3 Å². The predicted octanol–water partition coefficient (Wildman–Crippen LogP) is 0.689. The summed E-state index contributed by atoms with van der Waals surface area (Å²) in [5.74, 6) is 0.607. The van der Waals surface area contributed by atoms with Crippen molar-refractivity contribution in [1.82, 2.24) is 19.5 Å². The van der Waals surface area contributed by atoms with E-state index in [-0.39, 0.29) is 6.61 Å². The van der Waals surface area contributed by atoms with E-state index in [1.807, 2.05) is 30.3 Å². The number of aromatic nitrogens is 4. The van der Waals surface area contributed by atoms with Gasteiger partial charge >= 0.3 is 0 Å². The molecule has 3 atom stereocenters. The Hall–Kier alpha value is -2.55. The second-order valence-electron chi connectivity index (χ2n) is 5.67. The highest BCUT2D eigenvalue weighted by molar-refractivity contribution is 5.82. The van der Waals surface area contributed by atoms with Crippen LogP contribution in [0.3, 0.4) is 0 Å². The number of hydrogen-bond donors (Lipinski definition) is 3. The number of ether oxygens (including phenoxy) is 1. The molecule has 124 valence electrons. The molecule has 2 aromatic heterocycles. The average Bonchev–Trinajstić information content (AvgIpc) is 3.18. The molecule has 4 rings (SSSR count). The summed E-state index contributed by atoms with van der Waals surface area (Å²) < 4.78 is 7.06. The Morgan fingerprint density at radius 2 is 2.00 bits per heavy atom. The van der Waals surface area contributed by atoms with Crippen molar-refractivity contribution < 1.29 is 14.9 Å². The van der Waals surface area contributed by atoms with Crippen LogP contribution in [0.25, 0.3) is 11.2 Å². The highest BCUT2D eigenvalue weighted by Gasteiger charge is 2.36. The molecule has 1 fully saturated rings. The standard InChI is InChI=1S/C16H17N5O3/c22-11-7-24-16(13(11)23)21-9-20-12-14(18-8-19-15(12)21)17-6-10-4-2-1-3-5-10/h1-5,8-9,11,13,16,22-23H,6-7H2,(H,17,18,19)/t11-,13+,16+/m0/s1. The van der Waals surface area contributed by atoms with E-state index in [2.05, 4.69) is 20.3 Å². The SMILES string of the molecule is O[C@H]1[C@H](n2cnc3c(NCc4ccccc4)ncnc32)OC[C@@H]1O. The number of anilines is 1. The van der Waals surface area contributed by atoms with Crippen LogP contribution in [0.5, 0.6) is 0 Å². The number of hydrogen-bond acceptors (Lipinski definition) is 7. The number of fused-ring (bicyclic) bond motifs is 1. The van der Waals surface area contributed by atoms with Gasteiger partial charge in [0.1, 0.15) is 18.5 Å². The summed E-state index contributed by atoms with van der Waals surface area (Å²) in [6.45, 7) is 0.691. The number of rotatable bonds is 4. The summed E-state index contributed by atoms with van der Waals surface area (Å²) in [7, 11) is 0. The maximum atomic E-state index is 10.0. The third kappa shape index (κ3) is 2.60. The maximum Gasteiger partial charge on any atom is 0.167 e. The molecule has 0 spiro atoms. The highest BCUT2D eigenvalue weighted by Crippen LogP contribution is 2.28. The third-order valence-corrected chi connectivity index (χ3v) is 4.06. The zero-order valence-corrected chi connectivity index (χ0v) is 12.8. The number of benzene rings is 1. The molecule has 3 N–H and O–H groups in total. The van der Waals surface area contributed by atoms with Crippen molar-refractivity contribution in [3.05, 3.63) is 48.5 Å². The number of aliphatic hydroxyl groups is 2. The topological polar surface area (TPSA) is 105 Å². The van der Waals surface area contributed by atoms with Crippen LogP contribution >= 0.6 is 0 Å². The number of nitrogens with zero attached hydrogens (tertiary/aromatic N) is 4. The lowest BCUT2D eigenvalue weighted by Gasteiger charge is -2.16. The van der Waals surface area contributed by atoms with Crippen LogP contribution in [-0.4, -0.2) is 48.5 Å². The van der Waals surface area contributed by atoms with E-state index in [1.165, 1.54) is 6.33 Å². The molecule has 1 aliphatic heterocycles. The molecule has 8 heteroatoms. The molecule has 8 nitrogen and oxygen atoms in total. The average molecular weight is 327 g/mol. The Morgan fingerprint density at radius 3 is 2.75 bits per heavy atom. The number of imidazole rings is 1. The molecule has 1 aliphatic rings. The van der Waals surface area contributed by atoms with Gasteiger partial charge in [-0.2, -0.15) is 0 Å². The smallest absolute Gasteiger partial charge is 0.167 e. The molecule has 0 bridgehead atoms. The highest BCUT2D eigenvalue weighted by atomic mass is 16.5. The minimum atomic E-state index is -1.02. The Balaban J connectivity index is 1.62. The van der Waals surface area contributed by atoms with Crippen molar-refractivity contribution in [2.24, 2.45) is 0 Å². The van der Waals surface area contributed by atoms with Crippen molar-refractivity contribution in [2.75, 3.05) is 11.9 Å². The predicted molar refractivity (Wildman–Crippen MR) is 86.1 cm³/mol. The molecular formula is C16H17N5O3. The first-order chi connectivity index (χ1) is 11.7. The van der Waals surface area contributed by atoms with Crippen molar-refractivity contribution in [3.8, 4) is 0 Å². The molecule has 0 saturated carbocycles. The summed E-state index contributed by atoms with van der Waals surface area (Å²) in [6, 6.07) is 9.97. The monoisotopic (exact) mass is 327 g/mol. The molecule has 1 aromatic carbocycles. The Morgan fingerprint density at radius 1 is 1.17 bits per heavy atom. The molecule has 0 unspecified atom stereocenters. The van der Waals surface area contributed by atoms with E-state index in [0.29, 0.717) is 23.5 Å². The Kier molecular flexibility index (Phi) is 3.85. The summed E-state index contributed by atoms with van der Waals surface area (Å²) in [5.41, 5.74) is 2.26. The van der Waals surface area contributed by atoms with Crippen LogP contribution in [0.2, 0.25) is 0 Å². The van der Waals surface area contributed by atoms with Crippen LogP contribution < -0.4 is 5.32 Å². The first kappa shape index (κ1) is 15.0. The van der Waals surface area contributed by atoms with Crippen molar-refractivity contribution >= 4 is 17.0 Å². The summed E-state index contributed by atoms with van der Waals surface area (Å²) >= 11 is 0. The minimum Gasteiger partial charge on any atom is -0.388 e. The van der Waals surface area contributed by atoms with Gasteiger partial charge in [0, 0.05) is 6.54 Å². The molecular weight excluding hydrogens is 310 g/mol. The van der Waals surface area contributed by atoms with Crippen molar-refractivity contribution in [1.29, 1.82) is 0 Å². The van der Waals surface area contributed by atoms with Gasteiger partial charge < -0.3 is 20.3 Å². The lowest BCUT2D eigenvalue weighted by atomic mass is 10.2. The second-order valence-corrected chi connectivity index (χ2v) is 5.67. The van der Waals surface area contributed by atoms with Gasteiger partial charge in [-0.25, -0.2) is 15.0 Å². The molecule has 0 amide bonds. The zero-order valence-electron chi connectivity index (χ0n) is 12.8. The number of nitrogens with one attached hydrogen (secondary N) is 1. The number of aliphatic hydroxyl groups excluding tert-OH is 2. The third-order valence-electron chi connectivity index (χ3n) is 4.06. The fourth-order valence-corrected chi connectivity index (χ4v) is 2.78. The minimum absolute atomic E-state index is 0.0791. The quantitative estimate of drug-likeness (QED) is 0.647. The first-order valence-electron chi connectivity index (χ1n) is 7.67. The van der Waals surface area contributed by atoms with Crippen LogP contribution in [-0.2, 0) is 11.3 Å². The Bertz CT molecular complexity index is 838. The second kappa shape index (κ2) is 6.16. The fraction of sp³-hybridized carbons (Fsp3) is 0.312. The van der Waals surface area contributed by atoms with Crippen molar-refractivity contribution in [3.63, 3.8) is 0 Å². The lowest BCUT2D eigenvalue weighted by Crippen LogP contribution is -2.28. The molecule has 0 aliphatic carbocycles. The molecule has 0 radical (unpaired) electrons. The van der Waals surface area contributed by atoms with E-state index in [1.54, 1.807) is 10.9 Å². The van der Waals surface area contributed by atoms with Crippen LogP contribution in [0.4, 0.5) is 5.82 Å². The van der Waals surface area contributed by atoms with E-state index in [4.69, 9.17) is 4.74 Å². The van der Waals surface area contributed by atoms with Crippen LogP contribution in [0.15, 0.2) is 43.0 Å². The van der Waals surface area contributed by atoms with Gasteiger partial charge in [-0.05, 0) is 5.56 Å². The van der Waals surface area contributed by atoms with Gasteiger partial charge in [-0.15, -0.1) is 0 Å². The molecule has 1 saturated heterocycles. The lowest BCUT2D eigenvalue weighted by molar-refractivity contribution is -0.0162. The van der Waals surface area contributed by atoms with Crippen LogP contribution in [0.1, 0.15) is 11.8 Å². The molecule has 3 aromatic rings. The van der Waals surface area contributed by atoms with Gasteiger partial charge in [0.15, 0.2) is 23.2 Å². The van der Waals surface area contributed by atoms with Crippen LogP contribution in [0, 0.1) is 0 Å². The van der Waals surface area contributed by atoms with E-state index >= 15 is 0 Å². The van der Waals surface area contributed by atoms with Gasteiger partial charge in [-0.3, -0.25) is 4.57 Å². The fourth-order valence-electron chi connectivity index (χ4n) is 2.78. The molecule has 3 heterocycles. The van der Waals surface area contributed by atoms with E-state index in [0.717, 1.165) is 5.56 Å². The summed E-state index contributed by atoms with van der Waals surface area (Å²) in [5, 5.41) is 22.9. The first-order valence-corrected chi connectivity index (χ1v) is 7.67. The van der Waals surface area contributed by atoms with Gasteiger partial charge in [0.05, 0.1) is 12.9 Å². The normalized spacial score (nSPS) is 23.7. The Labute approximate surface area is 137 Å². The van der Waals surface area contributed by atoms with Gasteiger partial charge in [0.25, 0.3) is 0 Å². The molecule has 24 heavy (non-hydrogen) atoms. The largest absolute Gasteiger partial charge is 0.388 e. The van der Waals surface area contributed by atoms with Gasteiger partial charge in [0.2, 0.25) is 0 Å². The summed E-state index contributed by atoms with van der Waals surface area (Å²) in [4.78, 5) is 12.8. The maximum absolute atomic E-state index is 10.0.